The van der Waals surface area contributed by atoms with Gasteiger partial charge in [0, 0.05) is 5.92 Å². The molecule has 0 aromatic carbocycles. The second-order valence-corrected chi connectivity index (χ2v) is 2.46. The molecule has 0 saturated carbocycles. The van der Waals surface area contributed by atoms with Gasteiger partial charge in [-0.1, -0.05) is 20.8 Å². The summed E-state index contributed by atoms with van der Waals surface area (Å²) in [6.07, 6.45) is 2.56. The molecule has 0 spiro atoms. The van der Waals surface area contributed by atoms with Crippen molar-refractivity contribution >= 4 is 0 Å². The van der Waals surface area contributed by atoms with Gasteiger partial charge in [-0.3, -0.25) is 0 Å². The van der Waals surface area contributed by atoms with Crippen LogP contribution in [-0.2, 0) is 4.74 Å². The Morgan fingerprint density at radius 3 is 1.90 bits per heavy atom. The van der Waals surface area contributed by atoms with Gasteiger partial charge in [0.15, 0.2) is 0 Å². The largest absolute Gasteiger partial charge is 0.495 e. The van der Waals surface area contributed by atoms with Crippen molar-refractivity contribution in [3.63, 3.8) is 0 Å². The summed E-state index contributed by atoms with van der Waals surface area (Å²) in [4.78, 5) is 0. The van der Waals surface area contributed by atoms with Crippen LogP contribution in [0.4, 0.5) is 0 Å². The molecule has 2 atom stereocenters. The molecule has 1 rings (SSSR count). The number of hydrogen-bond acceptors (Lipinski definition) is 1. The average molecular weight is 142 g/mol. The van der Waals surface area contributed by atoms with E-state index in [0.29, 0.717) is 12.0 Å². The highest BCUT2D eigenvalue weighted by atomic mass is 16.5. The zero-order valence-corrected chi connectivity index (χ0v) is 7.64. The molecule has 1 heteroatoms. The summed E-state index contributed by atoms with van der Waals surface area (Å²) in [5, 5.41) is 0. The van der Waals surface area contributed by atoms with E-state index >= 15 is 0 Å². The molecule has 0 aliphatic carbocycles. The molecule has 2 unspecified atom stereocenters. The van der Waals surface area contributed by atoms with Crippen LogP contribution in [-0.4, -0.2) is 6.10 Å². The predicted molar refractivity (Wildman–Crippen MR) is 44.8 cm³/mol. The fourth-order valence-electron chi connectivity index (χ4n) is 0.946. The first-order valence-electron chi connectivity index (χ1n) is 4.05. The Balaban J connectivity index is 0.000000371. The lowest BCUT2D eigenvalue weighted by molar-refractivity contribution is 0.135. The van der Waals surface area contributed by atoms with Crippen LogP contribution in [0.15, 0.2) is 11.8 Å². The van der Waals surface area contributed by atoms with Crippen LogP contribution >= 0.6 is 0 Å². The lowest BCUT2D eigenvalue weighted by Crippen LogP contribution is -2.07. The fraction of sp³-hybridized carbons (Fsp3) is 0.778. The van der Waals surface area contributed by atoms with E-state index in [-0.39, 0.29) is 0 Å². The van der Waals surface area contributed by atoms with Gasteiger partial charge in [-0.15, -0.1) is 0 Å². The van der Waals surface area contributed by atoms with Gasteiger partial charge in [0.25, 0.3) is 0 Å². The maximum Gasteiger partial charge on any atom is 0.101 e. The maximum absolute atomic E-state index is 5.33. The summed E-state index contributed by atoms with van der Waals surface area (Å²) in [6, 6.07) is 0. The molecule has 0 radical (unpaired) electrons. The van der Waals surface area contributed by atoms with Crippen LogP contribution in [0.2, 0.25) is 0 Å². The van der Waals surface area contributed by atoms with Gasteiger partial charge in [0.2, 0.25) is 0 Å². The topological polar surface area (TPSA) is 9.23 Å². The molecule has 0 fully saturated rings. The Morgan fingerprint density at radius 2 is 1.80 bits per heavy atom. The van der Waals surface area contributed by atoms with Crippen LogP contribution in [0.3, 0.4) is 0 Å². The van der Waals surface area contributed by atoms with Crippen molar-refractivity contribution in [2.75, 3.05) is 0 Å². The van der Waals surface area contributed by atoms with Gasteiger partial charge >= 0.3 is 0 Å². The Hall–Kier alpha value is -0.460. The molecule has 0 amide bonds. The minimum absolute atomic E-state index is 0.398. The van der Waals surface area contributed by atoms with Crippen molar-refractivity contribution in [1.82, 2.24) is 0 Å². The summed E-state index contributed by atoms with van der Waals surface area (Å²) in [7, 11) is 0. The van der Waals surface area contributed by atoms with Crippen LogP contribution in [0.1, 0.15) is 34.6 Å². The van der Waals surface area contributed by atoms with E-state index in [9.17, 15) is 0 Å². The van der Waals surface area contributed by atoms with Crippen molar-refractivity contribution in [3.05, 3.63) is 11.8 Å². The Bertz CT molecular complexity index is 116. The highest BCUT2D eigenvalue weighted by molar-refractivity contribution is 5.01. The Labute approximate surface area is 64.1 Å². The molecular formula is C9H18O. The third-order valence-electron chi connectivity index (χ3n) is 1.61. The van der Waals surface area contributed by atoms with E-state index in [1.54, 1.807) is 0 Å². The third-order valence-corrected chi connectivity index (χ3v) is 1.61. The molecule has 0 saturated heterocycles. The van der Waals surface area contributed by atoms with E-state index in [1.165, 1.54) is 0 Å². The first kappa shape index (κ1) is 9.54. The molecule has 0 aromatic heterocycles. The van der Waals surface area contributed by atoms with Gasteiger partial charge in [0.05, 0.1) is 5.76 Å². The highest BCUT2D eigenvalue weighted by Gasteiger charge is 2.17. The SMILES string of the molecule is CC.CC1=CC(C)C(C)O1. The minimum Gasteiger partial charge on any atom is -0.495 e. The number of rotatable bonds is 0. The van der Waals surface area contributed by atoms with E-state index in [2.05, 4.69) is 19.9 Å². The molecule has 1 nitrogen and oxygen atoms in total. The molecular weight excluding hydrogens is 124 g/mol. The first-order chi connectivity index (χ1) is 4.70. The predicted octanol–water partition coefficient (Wildman–Crippen LogP) is 2.97. The summed E-state index contributed by atoms with van der Waals surface area (Å²) < 4.78 is 5.33. The smallest absolute Gasteiger partial charge is 0.101 e. The quantitative estimate of drug-likeness (QED) is 0.505. The van der Waals surface area contributed by atoms with E-state index in [1.807, 2.05) is 20.8 Å². The third kappa shape index (κ3) is 2.42. The van der Waals surface area contributed by atoms with E-state index < -0.39 is 0 Å². The van der Waals surface area contributed by atoms with Crippen LogP contribution in [0.25, 0.3) is 0 Å². The van der Waals surface area contributed by atoms with Crippen LogP contribution < -0.4 is 0 Å². The number of ether oxygens (including phenoxy) is 1. The standard InChI is InChI=1S/C7H12O.C2H6/c1-5-4-6(2)8-7(5)3;1-2/h4-5,7H,1-3H3;1-2H3. The molecule has 60 valence electrons. The molecule has 1 heterocycles. The fourth-order valence-corrected chi connectivity index (χ4v) is 0.946. The zero-order valence-electron chi connectivity index (χ0n) is 7.64. The zero-order chi connectivity index (χ0) is 8.15. The summed E-state index contributed by atoms with van der Waals surface area (Å²) in [5.74, 6) is 1.68. The first-order valence-corrected chi connectivity index (χ1v) is 4.05. The molecule has 0 bridgehead atoms. The van der Waals surface area contributed by atoms with Crippen molar-refractivity contribution < 1.29 is 4.74 Å². The summed E-state index contributed by atoms with van der Waals surface area (Å²) in [5.41, 5.74) is 0. The van der Waals surface area contributed by atoms with Crippen molar-refractivity contribution in [2.24, 2.45) is 5.92 Å². The molecule has 0 N–H and O–H groups in total. The van der Waals surface area contributed by atoms with E-state index in [0.717, 1.165) is 5.76 Å². The average Bonchev–Trinajstić information content (AvgIpc) is 2.16. The summed E-state index contributed by atoms with van der Waals surface area (Å²) >= 11 is 0. The number of hydrogen-bond donors (Lipinski definition) is 0. The van der Waals surface area contributed by atoms with Gasteiger partial charge in [0.1, 0.15) is 6.10 Å². The van der Waals surface area contributed by atoms with Gasteiger partial charge in [-0.25, -0.2) is 0 Å². The normalized spacial score (nSPS) is 29.9. The molecule has 1 aliphatic rings. The monoisotopic (exact) mass is 142 g/mol. The van der Waals surface area contributed by atoms with E-state index in [4.69, 9.17) is 4.74 Å². The minimum atomic E-state index is 0.398. The summed E-state index contributed by atoms with van der Waals surface area (Å²) in [6.45, 7) is 10.3. The molecule has 1 aliphatic heterocycles. The van der Waals surface area contributed by atoms with Crippen molar-refractivity contribution in [2.45, 2.75) is 40.7 Å². The van der Waals surface area contributed by atoms with Gasteiger partial charge in [-0.2, -0.15) is 0 Å². The Kier molecular flexibility index (Phi) is 4.17. The highest BCUT2D eigenvalue weighted by Crippen LogP contribution is 2.21. The second-order valence-electron chi connectivity index (χ2n) is 2.46. The van der Waals surface area contributed by atoms with Crippen LogP contribution in [0, 0.1) is 5.92 Å². The maximum atomic E-state index is 5.33. The lowest BCUT2D eigenvalue weighted by Gasteiger charge is -2.07. The molecule has 10 heavy (non-hydrogen) atoms. The van der Waals surface area contributed by atoms with Gasteiger partial charge < -0.3 is 4.74 Å². The lowest BCUT2D eigenvalue weighted by atomic mass is 10.1. The van der Waals surface area contributed by atoms with Gasteiger partial charge in [-0.05, 0) is 19.9 Å². The van der Waals surface area contributed by atoms with Crippen LogP contribution in [0.5, 0.6) is 0 Å². The van der Waals surface area contributed by atoms with Crippen molar-refractivity contribution in [3.8, 4) is 0 Å². The number of allylic oxidation sites excluding steroid dienone is 1. The molecule has 0 aromatic rings. The Morgan fingerprint density at radius 1 is 1.30 bits per heavy atom. The second kappa shape index (κ2) is 4.37. The van der Waals surface area contributed by atoms with Crippen molar-refractivity contribution in [1.29, 1.82) is 0 Å².